The highest BCUT2D eigenvalue weighted by Crippen LogP contribution is 2.21. The zero-order valence-corrected chi connectivity index (χ0v) is 10.4. The van der Waals surface area contributed by atoms with E-state index in [9.17, 15) is 0 Å². The molecule has 1 aliphatic heterocycles. The fraction of sp³-hybridized carbons (Fsp3) is 0.583. The highest BCUT2D eigenvalue weighted by molar-refractivity contribution is 6.33. The lowest BCUT2D eigenvalue weighted by atomic mass is 9.98. The van der Waals surface area contributed by atoms with Crippen LogP contribution in [0.5, 0.6) is 0 Å². The first kappa shape index (κ1) is 11.7. The molecule has 0 spiro atoms. The second-order valence-corrected chi connectivity index (χ2v) is 4.91. The van der Waals surface area contributed by atoms with Crippen molar-refractivity contribution in [2.75, 3.05) is 32.0 Å². The van der Waals surface area contributed by atoms with E-state index in [-0.39, 0.29) is 0 Å². The standard InChI is InChI=1S/C12H18ClN3/c1-16-6-2-3-10(9-16)7-15-12-8-14-5-4-11(12)13/h4-5,8,10,15H,2-3,6-7,9H2,1H3. The summed E-state index contributed by atoms with van der Waals surface area (Å²) in [5, 5.41) is 4.13. The number of halogens is 1. The van der Waals surface area contributed by atoms with Crippen LogP contribution in [0.4, 0.5) is 5.69 Å². The molecular weight excluding hydrogens is 222 g/mol. The van der Waals surface area contributed by atoms with Gasteiger partial charge in [0.05, 0.1) is 16.9 Å². The number of pyridine rings is 1. The van der Waals surface area contributed by atoms with E-state index >= 15 is 0 Å². The molecule has 1 unspecified atom stereocenters. The predicted octanol–water partition coefficient (Wildman–Crippen LogP) is 2.49. The molecule has 1 saturated heterocycles. The highest BCUT2D eigenvalue weighted by atomic mass is 35.5. The van der Waals surface area contributed by atoms with Crippen molar-refractivity contribution in [1.82, 2.24) is 9.88 Å². The van der Waals surface area contributed by atoms with Crippen LogP contribution in [0.2, 0.25) is 5.02 Å². The van der Waals surface area contributed by atoms with Gasteiger partial charge < -0.3 is 10.2 Å². The number of anilines is 1. The van der Waals surface area contributed by atoms with Crippen molar-refractivity contribution in [3.63, 3.8) is 0 Å². The van der Waals surface area contributed by atoms with E-state index in [4.69, 9.17) is 11.6 Å². The smallest absolute Gasteiger partial charge is 0.0716 e. The maximum Gasteiger partial charge on any atom is 0.0716 e. The first-order valence-corrected chi connectivity index (χ1v) is 6.15. The summed E-state index contributed by atoms with van der Waals surface area (Å²) >= 11 is 6.06. The third kappa shape index (κ3) is 3.09. The number of piperidine rings is 1. The zero-order chi connectivity index (χ0) is 11.4. The Labute approximate surface area is 102 Å². The Morgan fingerprint density at radius 3 is 3.25 bits per heavy atom. The van der Waals surface area contributed by atoms with Gasteiger partial charge in [-0.25, -0.2) is 0 Å². The Kier molecular flexibility index (Phi) is 4.02. The van der Waals surface area contributed by atoms with E-state index in [0.29, 0.717) is 0 Å². The lowest BCUT2D eigenvalue weighted by Crippen LogP contribution is -2.35. The average molecular weight is 240 g/mol. The molecule has 2 rings (SSSR count). The lowest BCUT2D eigenvalue weighted by Gasteiger charge is -2.30. The van der Waals surface area contributed by atoms with Gasteiger partial charge in [-0.15, -0.1) is 0 Å². The van der Waals surface area contributed by atoms with E-state index < -0.39 is 0 Å². The second-order valence-electron chi connectivity index (χ2n) is 4.51. The summed E-state index contributed by atoms with van der Waals surface area (Å²) in [5.41, 5.74) is 0.942. The minimum absolute atomic E-state index is 0.718. The van der Waals surface area contributed by atoms with Crippen LogP contribution >= 0.6 is 11.6 Å². The molecule has 4 heteroatoms. The SMILES string of the molecule is CN1CCCC(CNc2cnccc2Cl)C1. The summed E-state index contributed by atoms with van der Waals surface area (Å²) in [5.74, 6) is 0.718. The van der Waals surface area contributed by atoms with Crippen molar-refractivity contribution in [2.45, 2.75) is 12.8 Å². The summed E-state index contributed by atoms with van der Waals surface area (Å²) in [6.07, 6.45) is 6.09. The number of hydrogen-bond donors (Lipinski definition) is 1. The van der Waals surface area contributed by atoms with Crippen molar-refractivity contribution >= 4 is 17.3 Å². The fourth-order valence-corrected chi connectivity index (χ4v) is 2.37. The number of hydrogen-bond acceptors (Lipinski definition) is 3. The molecule has 0 aromatic carbocycles. The van der Waals surface area contributed by atoms with E-state index in [0.717, 1.165) is 23.2 Å². The van der Waals surface area contributed by atoms with Gasteiger partial charge in [-0.2, -0.15) is 0 Å². The van der Waals surface area contributed by atoms with Gasteiger partial charge in [-0.1, -0.05) is 11.6 Å². The van der Waals surface area contributed by atoms with Gasteiger partial charge in [0.2, 0.25) is 0 Å². The number of nitrogens with zero attached hydrogens (tertiary/aromatic N) is 2. The zero-order valence-electron chi connectivity index (χ0n) is 9.62. The minimum atomic E-state index is 0.718. The van der Waals surface area contributed by atoms with Crippen LogP contribution in [0.15, 0.2) is 18.5 Å². The molecule has 1 N–H and O–H groups in total. The van der Waals surface area contributed by atoms with Crippen molar-refractivity contribution in [3.05, 3.63) is 23.5 Å². The van der Waals surface area contributed by atoms with Gasteiger partial charge in [0.25, 0.3) is 0 Å². The van der Waals surface area contributed by atoms with E-state index in [1.54, 1.807) is 12.4 Å². The van der Waals surface area contributed by atoms with Gasteiger partial charge in [-0.3, -0.25) is 4.98 Å². The molecule has 0 radical (unpaired) electrons. The molecule has 3 nitrogen and oxygen atoms in total. The Morgan fingerprint density at radius 1 is 1.62 bits per heavy atom. The van der Waals surface area contributed by atoms with Gasteiger partial charge >= 0.3 is 0 Å². The Hall–Kier alpha value is -0.800. The molecule has 1 aromatic heterocycles. The third-order valence-electron chi connectivity index (χ3n) is 3.07. The van der Waals surface area contributed by atoms with Crippen LogP contribution in [-0.4, -0.2) is 36.6 Å². The summed E-state index contributed by atoms with van der Waals surface area (Å²) in [7, 11) is 2.18. The number of nitrogens with one attached hydrogen (secondary N) is 1. The van der Waals surface area contributed by atoms with Crippen molar-refractivity contribution in [2.24, 2.45) is 5.92 Å². The summed E-state index contributed by atoms with van der Waals surface area (Å²) < 4.78 is 0. The lowest BCUT2D eigenvalue weighted by molar-refractivity contribution is 0.217. The average Bonchev–Trinajstić information content (AvgIpc) is 2.28. The number of likely N-dealkylation sites (tertiary alicyclic amines) is 1. The van der Waals surface area contributed by atoms with E-state index in [2.05, 4.69) is 22.2 Å². The summed E-state index contributed by atoms with van der Waals surface area (Å²) in [6.45, 7) is 3.38. The molecule has 88 valence electrons. The summed E-state index contributed by atoms with van der Waals surface area (Å²) in [4.78, 5) is 6.46. The Bertz CT molecular complexity index is 343. The molecule has 0 saturated carbocycles. The largest absolute Gasteiger partial charge is 0.382 e. The number of aromatic nitrogens is 1. The molecule has 0 aliphatic carbocycles. The van der Waals surface area contributed by atoms with Crippen LogP contribution < -0.4 is 5.32 Å². The molecule has 0 amide bonds. The minimum Gasteiger partial charge on any atom is -0.382 e. The first-order valence-electron chi connectivity index (χ1n) is 5.77. The van der Waals surface area contributed by atoms with Gasteiger partial charge in [0.15, 0.2) is 0 Å². The predicted molar refractivity (Wildman–Crippen MR) is 68.0 cm³/mol. The molecule has 1 aliphatic rings. The van der Waals surface area contributed by atoms with Gasteiger partial charge in [-0.05, 0) is 38.4 Å². The highest BCUT2D eigenvalue weighted by Gasteiger charge is 2.16. The van der Waals surface area contributed by atoms with Gasteiger partial charge in [0, 0.05) is 19.3 Å². The van der Waals surface area contributed by atoms with Crippen LogP contribution in [0.3, 0.4) is 0 Å². The van der Waals surface area contributed by atoms with Crippen LogP contribution in [0.1, 0.15) is 12.8 Å². The molecule has 16 heavy (non-hydrogen) atoms. The van der Waals surface area contributed by atoms with Crippen LogP contribution in [0, 0.1) is 5.92 Å². The molecule has 1 fully saturated rings. The third-order valence-corrected chi connectivity index (χ3v) is 3.40. The van der Waals surface area contributed by atoms with Crippen LogP contribution in [-0.2, 0) is 0 Å². The molecular formula is C12H18ClN3. The monoisotopic (exact) mass is 239 g/mol. The Balaban J connectivity index is 1.85. The van der Waals surface area contributed by atoms with Crippen molar-refractivity contribution < 1.29 is 0 Å². The van der Waals surface area contributed by atoms with E-state index in [1.807, 2.05) is 6.07 Å². The van der Waals surface area contributed by atoms with E-state index in [1.165, 1.54) is 25.9 Å². The molecule has 1 aromatic rings. The van der Waals surface area contributed by atoms with Gasteiger partial charge in [0.1, 0.15) is 0 Å². The maximum absolute atomic E-state index is 6.06. The topological polar surface area (TPSA) is 28.2 Å². The fourth-order valence-electron chi connectivity index (χ4n) is 2.20. The second kappa shape index (κ2) is 5.51. The normalized spacial score (nSPS) is 22.0. The number of rotatable bonds is 3. The molecule has 0 bridgehead atoms. The molecule has 1 atom stereocenters. The van der Waals surface area contributed by atoms with Crippen LogP contribution in [0.25, 0.3) is 0 Å². The Morgan fingerprint density at radius 2 is 2.50 bits per heavy atom. The first-order chi connectivity index (χ1) is 7.75. The quantitative estimate of drug-likeness (QED) is 0.879. The summed E-state index contributed by atoms with van der Waals surface area (Å²) in [6, 6.07) is 1.82. The molecule has 2 heterocycles. The maximum atomic E-state index is 6.06. The van der Waals surface area contributed by atoms with Crippen molar-refractivity contribution in [3.8, 4) is 0 Å². The van der Waals surface area contributed by atoms with Crippen molar-refractivity contribution in [1.29, 1.82) is 0 Å².